The number of benzene rings is 1. The summed E-state index contributed by atoms with van der Waals surface area (Å²) in [6.45, 7) is 0. The van der Waals surface area contributed by atoms with Crippen molar-refractivity contribution < 1.29 is 9.59 Å². The fourth-order valence-corrected chi connectivity index (χ4v) is 1.37. The molecule has 1 fully saturated rings. The molecular formula is C11H13N3O2. The summed E-state index contributed by atoms with van der Waals surface area (Å²) in [6, 6.07) is 6.23. The van der Waals surface area contributed by atoms with Crippen LogP contribution in [0.15, 0.2) is 24.3 Å². The molecule has 0 heterocycles. The fraction of sp³-hybridized carbons (Fsp3) is 0.273. The lowest BCUT2D eigenvalue weighted by atomic mass is 10.2. The van der Waals surface area contributed by atoms with E-state index in [0.717, 1.165) is 18.5 Å². The van der Waals surface area contributed by atoms with Crippen molar-refractivity contribution in [1.82, 2.24) is 0 Å². The van der Waals surface area contributed by atoms with Gasteiger partial charge in [-0.05, 0) is 37.1 Å². The molecule has 0 saturated heterocycles. The molecule has 0 unspecified atom stereocenters. The van der Waals surface area contributed by atoms with Gasteiger partial charge >= 0.3 is 6.03 Å². The molecule has 1 saturated carbocycles. The predicted octanol–water partition coefficient (Wildman–Crippen LogP) is 1.53. The van der Waals surface area contributed by atoms with Crippen LogP contribution in [-0.4, -0.2) is 11.9 Å². The summed E-state index contributed by atoms with van der Waals surface area (Å²) in [5, 5.41) is 5.25. The lowest BCUT2D eigenvalue weighted by molar-refractivity contribution is -0.117. The number of nitrogens with two attached hydrogens (primary N) is 1. The summed E-state index contributed by atoms with van der Waals surface area (Å²) in [4.78, 5) is 22.0. The Labute approximate surface area is 93.0 Å². The van der Waals surface area contributed by atoms with Gasteiger partial charge < -0.3 is 16.4 Å². The van der Waals surface area contributed by atoms with Crippen LogP contribution in [-0.2, 0) is 4.79 Å². The minimum atomic E-state index is -0.602. The van der Waals surface area contributed by atoms with Crippen LogP contribution < -0.4 is 16.4 Å². The molecule has 0 bridgehead atoms. The zero-order valence-electron chi connectivity index (χ0n) is 8.69. The van der Waals surface area contributed by atoms with Crippen molar-refractivity contribution in [2.75, 3.05) is 10.6 Å². The average molecular weight is 219 g/mol. The molecular weight excluding hydrogens is 206 g/mol. The van der Waals surface area contributed by atoms with Crippen LogP contribution in [0.3, 0.4) is 0 Å². The third kappa shape index (κ3) is 2.73. The van der Waals surface area contributed by atoms with Gasteiger partial charge in [0.1, 0.15) is 0 Å². The highest BCUT2D eigenvalue weighted by molar-refractivity contribution is 5.94. The lowest BCUT2D eigenvalue weighted by Crippen LogP contribution is -2.19. The van der Waals surface area contributed by atoms with Crippen LogP contribution in [0.4, 0.5) is 16.2 Å². The first-order valence-electron chi connectivity index (χ1n) is 5.12. The number of rotatable bonds is 3. The first-order valence-corrected chi connectivity index (χ1v) is 5.12. The Morgan fingerprint density at radius 3 is 2.00 bits per heavy atom. The Bertz CT molecular complexity index is 410. The van der Waals surface area contributed by atoms with E-state index < -0.39 is 6.03 Å². The molecule has 2 rings (SSSR count). The van der Waals surface area contributed by atoms with E-state index in [1.807, 2.05) is 0 Å². The zero-order chi connectivity index (χ0) is 11.5. The topological polar surface area (TPSA) is 84.2 Å². The average Bonchev–Trinajstić information content (AvgIpc) is 3.03. The second-order valence-electron chi connectivity index (χ2n) is 3.83. The first-order chi connectivity index (χ1) is 7.65. The van der Waals surface area contributed by atoms with Gasteiger partial charge in [0.05, 0.1) is 0 Å². The third-order valence-corrected chi connectivity index (χ3v) is 2.37. The minimum absolute atomic E-state index is 0.0654. The van der Waals surface area contributed by atoms with Crippen molar-refractivity contribution in [2.45, 2.75) is 12.8 Å². The molecule has 0 spiro atoms. The smallest absolute Gasteiger partial charge is 0.316 e. The van der Waals surface area contributed by atoms with Gasteiger partial charge in [-0.25, -0.2) is 4.79 Å². The van der Waals surface area contributed by atoms with Crippen molar-refractivity contribution >= 4 is 23.3 Å². The molecule has 4 N–H and O–H groups in total. The van der Waals surface area contributed by atoms with Crippen LogP contribution in [0.25, 0.3) is 0 Å². The summed E-state index contributed by atoms with van der Waals surface area (Å²) in [5.41, 5.74) is 6.31. The Hall–Kier alpha value is -2.04. The molecule has 3 amide bonds. The molecule has 16 heavy (non-hydrogen) atoms. The highest BCUT2D eigenvalue weighted by atomic mass is 16.2. The number of carbonyl (C=O) groups is 2. The number of amides is 3. The maximum Gasteiger partial charge on any atom is 0.316 e. The number of anilines is 2. The van der Waals surface area contributed by atoms with Crippen LogP contribution in [0.5, 0.6) is 0 Å². The van der Waals surface area contributed by atoms with E-state index in [4.69, 9.17) is 5.73 Å². The van der Waals surface area contributed by atoms with Crippen molar-refractivity contribution in [2.24, 2.45) is 11.7 Å². The Morgan fingerprint density at radius 1 is 1.06 bits per heavy atom. The molecule has 84 valence electrons. The standard InChI is InChI=1S/C11H13N3O2/c12-11(16)14-9-5-3-8(4-6-9)13-10(15)7-1-2-7/h3-7H,1-2H2,(H,13,15)(H3,12,14,16). The number of hydrogen-bond acceptors (Lipinski definition) is 2. The zero-order valence-corrected chi connectivity index (χ0v) is 8.69. The largest absolute Gasteiger partial charge is 0.351 e. The number of carbonyl (C=O) groups excluding carboxylic acids is 2. The predicted molar refractivity (Wildman–Crippen MR) is 61.0 cm³/mol. The monoisotopic (exact) mass is 219 g/mol. The summed E-state index contributed by atoms with van der Waals surface area (Å²) in [5.74, 6) is 0.249. The number of urea groups is 1. The van der Waals surface area contributed by atoms with Crippen LogP contribution in [0, 0.1) is 5.92 Å². The van der Waals surface area contributed by atoms with E-state index in [9.17, 15) is 9.59 Å². The van der Waals surface area contributed by atoms with Crippen LogP contribution in [0.1, 0.15) is 12.8 Å². The van der Waals surface area contributed by atoms with E-state index >= 15 is 0 Å². The fourth-order valence-electron chi connectivity index (χ4n) is 1.37. The lowest BCUT2D eigenvalue weighted by Gasteiger charge is -2.05. The SMILES string of the molecule is NC(=O)Nc1ccc(NC(=O)C2CC2)cc1. The highest BCUT2D eigenvalue weighted by Crippen LogP contribution is 2.30. The molecule has 0 radical (unpaired) electrons. The first kappa shape index (κ1) is 10.5. The molecule has 1 aromatic rings. The molecule has 0 atom stereocenters. The van der Waals surface area contributed by atoms with E-state index in [2.05, 4.69) is 10.6 Å². The Balaban J connectivity index is 1.95. The van der Waals surface area contributed by atoms with Crippen molar-refractivity contribution in [3.63, 3.8) is 0 Å². The number of primary amides is 1. The second kappa shape index (κ2) is 4.22. The maximum absolute atomic E-state index is 11.4. The van der Waals surface area contributed by atoms with Crippen molar-refractivity contribution in [1.29, 1.82) is 0 Å². The molecule has 1 aliphatic carbocycles. The van der Waals surface area contributed by atoms with E-state index in [0.29, 0.717) is 5.69 Å². The molecule has 1 aromatic carbocycles. The summed E-state index contributed by atoms with van der Waals surface area (Å²) < 4.78 is 0. The van der Waals surface area contributed by atoms with Gasteiger partial charge in [-0.2, -0.15) is 0 Å². The van der Waals surface area contributed by atoms with Gasteiger partial charge in [-0.1, -0.05) is 0 Å². The van der Waals surface area contributed by atoms with Crippen molar-refractivity contribution in [3.05, 3.63) is 24.3 Å². The molecule has 5 heteroatoms. The second-order valence-corrected chi connectivity index (χ2v) is 3.83. The van der Waals surface area contributed by atoms with Gasteiger partial charge in [-0.15, -0.1) is 0 Å². The quantitative estimate of drug-likeness (QED) is 0.720. The van der Waals surface area contributed by atoms with Gasteiger partial charge in [0, 0.05) is 17.3 Å². The number of nitrogens with one attached hydrogen (secondary N) is 2. The highest BCUT2D eigenvalue weighted by Gasteiger charge is 2.29. The van der Waals surface area contributed by atoms with Gasteiger partial charge in [0.25, 0.3) is 0 Å². The summed E-state index contributed by atoms with van der Waals surface area (Å²) in [7, 11) is 0. The Kier molecular flexibility index (Phi) is 2.76. The van der Waals surface area contributed by atoms with Gasteiger partial charge in [0.15, 0.2) is 0 Å². The normalized spacial score (nSPS) is 14.2. The van der Waals surface area contributed by atoms with E-state index in [1.165, 1.54) is 0 Å². The molecule has 0 aliphatic heterocycles. The minimum Gasteiger partial charge on any atom is -0.351 e. The van der Waals surface area contributed by atoms with Gasteiger partial charge in [-0.3, -0.25) is 4.79 Å². The summed E-state index contributed by atoms with van der Waals surface area (Å²) >= 11 is 0. The molecule has 5 nitrogen and oxygen atoms in total. The van der Waals surface area contributed by atoms with Crippen LogP contribution in [0.2, 0.25) is 0 Å². The van der Waals surface area contributed by atoms with E-state index in [1.54, 1.807) is 24.3 Å². The summed E-state index contributed by atoms with van der Waals surface area (Å²) in [6.07, 6.45) is 1.96. The molecule has 1 aliphatic rings. The van der Waals surface area contributed by atoms with Crippen LogP contribution >= 0.6 is 0 Å². The van der Waals surface area contributed by atoms with Gasteiger partial charge in [0.2, 0.25) is 5.91 Å². The van der Waals surface area contributed by atoms with E-state index in [-0.39, 0.29) is 11.8 Å². The molecule has 0 aromatic heterocycles. The third-order valence-electron chi connectivity index (χ3n) is 2.37. The van der Waals surface area contributed by atoms with Crippen molar-refractivity contribution in [3.8, 4) is 0 Å². The maximum atomic E-state index is 11.4. The number of hydrogen-bond donors (Lipinski definition) is 3. The Morgan fingerprint density at radius 2 is 1.56 bits per heavy atom.